The van der Waals surface area contributed by atoms with Crippen molar-refractivity contribution in [3.05, 3.63) is 369 Å². The minimum Gasteiger partial charge on any atom is -0.310 e. The van der Waals surface area contributed by atoms with Gasteiger partial charge in [0.05, 0.1) is 11.4 Å². The molecule has 2 nitrogen and oxygen atoms in total. The molecule has 2 aliphatic rings. The van der Waals surface area contributed by atoms with Gasteiger partial charge in [0.25, 0.3) is 6.71 Å². The summed E-state index contributed by atoms with van der Waals surface area (Å²) in [6.07, 6.45) is 0. The highest BCUT2D eigenvalue weighted by atomic mass is 15.2. The number of hydrogen-bond acceptors (Lipinski definition) is 2. The van der Waals surface area contributed by atoms with Gasteiger partial charge in [0, 0.05) is 45.0 Å². The summed E-state index contributed by atoms with van der Waals surface area (Å²) in [6.45, 7) is 20.8. The van der Waals surface area contributed by atoms with Crippen molar-refractivity contribution in [3.8, 4) is 100 Å². The highest BCUT2D eigenvalue weighted by Gasteiger charge is 2.46. The average Bonchev–Trinajstić information content (AvgIpc) is 0.688. The topological polar surface area (TPSA) is 6.48 Å². The summed E-state index contributed by atoms with van der Waals surface area (Å²) in [6, 6.07) is 134. The van der Waals surface area contributed by atoms with Crippen molar-refractivity contribution >= 4 is 89.5 Å². The van der Waals surface area contributed by atoms with Crippen molar-refractivity contribution < 1.29 is 0 Å². The van der Waals surface area contributed by atoms with E-state index in [1.54, 1.807) is 0 Å². The van der Waals surface area contributed by atoms with Crippen molar-refractivity contribution in [2.24, 2.45) is 0 Å². The maximum absolute atomic E-state index is 2.75. The molecule has 2 heterocycles. The van der Waals surface area contributed by atoms with Gasteiger partial charge in [-0.05, 0) is 220 Å². The molecule has 17 aromatic rings. The molecule has 2 aliphatic heterocycles. The first-order chi connectivity index (χ1) is 52.9. The third-order valence-corrected chi connectivity index (χ3v) is 23.2. The van der Waals surface area contributed by atoms with E-state index in [1.165, 1.54) is 82.1 Å². The minimum absolute atomic E-state index is 0.0663. The molecule has 0 saturated heterocycles. The third-order valence-electron chi connectivity index (χ3n) is 23.2. The molecule has 0 spiro atoms. The molecule has 0 atom stereocenters. The summed E-state index contributed by atoms with van der Waals surface area (Å²) in [5.41, 5.74) is 34.7. The van der Waals surface area contributed by atoms with Crippen LogP contribution in [0, 0.1) is 0 Å². The van der Waals surface area contributed by atoms with Gasteiger partial charge in [0.15, 0.2) is 0 Å². The fourth-order valence-electron chi connectivity index (χ4n) is 17.5. The fourth-order valence-corrected chi connectivity index (χ4v) is 17.5. The van der Waals surface area contributed by atoms with Crippen molar-refractivity contribution in [2.75, 3.05) is 9.80 Å². The molecule has 109 heavy (non-hydrogen) atoms. The molecule has 19 rings (SSSR count). The first kappa shape index (κ1) is 67.1. The Hall–Kier alpha value is -12.6. The van der Waals surface area contributed by atoms with Crippen LogP contribution in [0.5, 0.6) is 0 Å². The monoisotopic (exact) mass is 1400 g/mol. The Labute approximate surface area is 642 Å². The summed E-state index contributed by atoms with van der Waals surface area (Å²) < 4.78 is 0. The summed E-state index contributed by atoms with van der Waals surface area (Å²) in [4.78, 5) is 5.44. The molecule has 0 bridgehead atoms. The van der Waals surface area contributed by atoms with Crippen LogP contribution in [0.4, 0.5) is 34.1 Å². The lowest BCUT2D eigenvalue weighted by Gasteiger charge is -2.46. The van der Waals surface area contributed by atoms with Crippen molar-refractivity contribution in [3.63, 3.8) is 0 Å². The highest BCUT2D eigenvalue weighted by Crippen LogP contribution is 2.56. The van der Waals surface area contributed by atoms with E-state index < -0.39 is 0 Å². The molecule has 0 unspecified atom stereocenters. The molecule has 0 fully saturated rings. The quantitative estimate of drug-likeness (QED) is 0.0941. The number of nitrogens with zero attached hydrogens (tertiary/aromatic N) is 2. The molecule has 0 amide bonds. The predicted octanol–water partition coefficient (Wildman–Crippen LogP) is 27.6. The highest BCUT2D eigenvalue weighted by molar-refractivity contribution is 7.00. The van der Waals surface area contributed by atoms with Gasteiger partial charge < -0.3 is 9.80 Å². The Morgan fingerprint density at radius 3 is 1.00 bits per heavy atom. The summed E-state index contributed by atoms with van der Waals surface area (Å²) in [7, 11) is 0. The lowest BCUT2D eigenvalue weighted by Crippen LogP contribution is -2.61. The van der Waals surface area contributed by atoms with E-state index in [2.05, 4.69) is 424 Å². The second-order valence-corrected chi connectivity index (χ2v) is 33.2. The zero-order valence-electron chi connectivity index (χ0n) is 63.5. The molecular weight excluding hydrogens is 1310 g/mol. The van der Waals surface area contributed by atoms with Crippen LogP contribution in [0.25, 0.3) is 132 Å². The maximum Gasteiger partial charge on any atom is 0.252 e. The molecular formula is C106H85BN2. The van der Waals surface area contributed by atoms with Crippen LogP contribution in [-0.4, -0.2) is 6.71 Å². The van der Waals surface area contributed by atoms with Gasteiger partial charge in [-0.3, -0.25) is 0 Å². The molecule has 522 valence electrons. The zero-order chi connectivity index (χ0) is 74.0. The van der Waals surface area contributed by atoms with Gasteiger partial charge in [-0.2, -0.15) is 0 Å². The zero-order valence-corrected chi connectivity index (χ0v) is 63.5. The van der Waals surface area contributed by atoms with E-state index in [1.807, 2.05) is 0 Å². The van der Waals surface area contributed by atoms with E-state index in [4.69, 9.17) is 0 Å². The molecule has 0 saturated carbocycles. The lowest BCUT2D eigenvalue weighted by molar-refractivity contribution is 0.590. The lowest BCUT2D eigenvalue weighted by atomic mass is 9.33. The maximum atomic E-state index is 2.75. The Morgan fingerprint density at radius 2 is 0.560 bits per heavy atom. The van der Waals surface area contributed by atoms with E-state index in [0.717, 1.165) is 118 Å². The van der Waals surface area contributed by atoms with Crippen LogP contribution in [-0.2, 0) is 16.2 Å². The normalized spacial score (nSPS) is 12.8. The van der Waals surface area contributed by atoms with Gasteiger partial charge in [0.1, 0.15) is 0 Å². The average molecular weight is 1400 g/mol. The molecule has 0 aliphatic carbocycles. The van der Waals surface area contributed by atoms with Crippen molar-refractivity contribution in [1.82, 2.24) is 0 Å². The second kappa shape index (κ2) is 26.1. The Balaban J connectivity index is 1.01. The van der Waals surface area contributed by atoms with Gasteiger partial charge in [-0.15, -0.1) is 0 Å². The van der Waals surface area contributed by atoms with Crippen molar-refractivity contribution in [1.29, 1.82) is 0 Å². The first-order valence-electron chi connectivity index (χ1n) is 38.6. The summed E-state index contributed by atoms with van der Waals surface area (Å²) >= 11 is 0. The molecule has 17 aromatic carbocycles. The smallest absolute Gasteiger partial charge is 0.252 e. The number of hydrogen-bond donors (Lipinski definition) is 0. The number of fused-ring (bicyclic) bond motifs is 4. The van der Waals surface area contributed by atoms with E-state index >= 15 is 0 Å². The van der Waals surface area contributed by atoms with Crippen LogP contribution in [0.3, 0.4) is 0 Å². The molecule has 0 N–H and O–H groups in total. The van der Waals surface area contributed by atoms with Crippen LogP contribution >= 0.6 is 0 Å². The van der Waals surface area contributed by atoms with E-state index in [0.29, 0.717) is 0 Å². The third kappa shape index (κ3) is 11.7. The Morgan fingerprint density at radius 1 is 0.211 bits per heavy atom. The Kier molecular flexibility index (Phi) is 16.1. The van der Waals surface area contributed by atoms with Crippen LogP contribution < -0.4 is 26.2 Å². The van der Waals surface area contributed by atoms with Gasteiger partial charge in [0.2, 0.25) is 0 Å². The van der Waals surface area contributed by atoms with Crippen LogP contribution in [0.2, 0.25) is 0 Å². The van der Waals surface area contributed by atoms with Crippen molar-refractivity contribution in [2.45, 2.75) is 78.6 Å². The van der Waals surface area contributed by atoms with Crippen LogP contribution in [0.15, 0.2) is 352 Å². The van der Waals surface area contributed by atoms with Gasteiger partial charge >= 0.3 is 0 Å². The number of benzene rings is 17. The van der Waals surface area contributed by atoms with Crippen LogP contribution in [0.1, 0.15) is 79.0 Å². The first-order valence-corrected chi connectivity index (χ1v) is 38.6. The second-order valence-electron chi connectivity index (χ2n) is 33.2. The predicted molar refractivity (Wildman–Crippen MR) is 469 cm³/mol. The number of anilines is 6. The molecule has 0 radical (unpaired) electrons. The standard InChI is InChI=1S/C106H85BN2/c1-104(2,3)84-51-47-71(48-52-84)82-65-97-101-98(66-82)109(103-90(74-41-27-15-28-42-74)60-81(70-35-21-12-22-36-70)61-91(103)75-43-29-16-30-44-75)96-64-77(87-62-83-57-85(105(4,5)6)55-78-45-46-79-56-86(106(7,8)9)67-92(87)100(79)99(78)83)49-53-93(96)107(101)94-63-76(68-31-17-10-18-32-68)50-54-95(94)108(97)102-88(72-37-23-13-24-38-72)58-80(69-33-19-11-20-34-69)59-89(102)73-39-25-14-26-40-73/h10-67H,1-9H3. The largest absolute Gasteiger partial charge is 0.310 e. The fraction of sp³-hybridized carbons (Fsp3) is 0.113. The number of rotatable bonds is 11. The summed E-state index contributed by atoms with van der Waals surface area (Å²) in [5.74, 6) is 0. The SMILES string of the molecule is CC(C)(C)c1ccc(-c2cc3c4c(c2)N(c2c(-c5ccccc5)cc(-c5ccccc5)cc2-c2ccccc2)c2cc(-c5cc6cc(C(C)(C)C)cc7ccc8cc(C(C)(C)C)cc5c8c76)ccc2B4c2cc(-c4ccccc4)ccc2N3c2c(-c3ccccc3)cc(-c3ccccc3)cc2-c2ccccc2)cc1. The van der Waals surface area contributed by atoms with Gasteiger partial charge in [-0.25, -0.2) is 0 Å². The van der Waals surface area contributed by atoms with E-state index in [9.17, 15) is 0 Å². The summed E-state index contributed by atoms with van der Waals surface area (Å²) in [5, 5.41) is 7.72. The van der Waals surface area contributed by atoms with Gasteiger partial charge in [-0.1, -0.05) is 353 Å². The molecule has 3 heteroatoms. The minimum atomic E-state index is -0.273. The van der Waals surface area contributed by atoms with E-state index in [-0.39, 0.29) is 23.0 Å². The molecule has 0 aromatic heterocycles. The Bertz CT molecular complexity index is 6230.